The van der Waals surface area contributed by atoms with Crippen LogP contribution in [0.5, 0.6) is 5.75 Å². The molecule has 1 atom stereocenters. The van der Waals surface area contributed by atoms with E-state index in [4.69, 9.17) is 5.21 Å². The summed E-state index contributed by atoms with van der Waals surface area (Å²) in [4.78, 5) is 25.7. The maximum Gasteiger partial charge on any atom is 0.266 e. The van der Waals surface area contributed by atoms with Crippen LogP contribution in [0.4, 0.5) is 0 Å². The molecule has 0 radical (unpaired) electrons. The van der Waals surface area contributed by atoms with Crippen molar-refractivity contribution in [3.05, 3.63) is 42.0 Å². The Morgan fingerprint density at radius 3 is 2.73 bits per heavy atom. The van der Waals surface area contributed by atoms with Gasteiger partial charge in [-0.1, -0.05) is 30.3 Å². The molecule has 1 fully saturated rings. The summed E-state index contributed by atoms with van der Waals surface area (Å²) in [6.07, 6.45) is 1.17. The average Bonchev–Trinajstić information content (AvgIpc) is 3.04. The Bertz CT molecular complexity index is 744. The number of carbonyl (C=O) groups is 2. The number of nitrogens with zero attached hydrogens (tertiary/aromatic N) is 1. The van der Waals surface area contributed by atoms with E-state index in [0.717, 1.165) is 5.39 Å². The predicted octanol–water partition coefficient (Wildman–Crippen LogP) is 1.66. The van der Waals surface area contributed by atoms with Crippen molar-refractivity contribution in [1.82, 2.24) is 10.4 Å². The van der Waals surface area contributed by atoms with E-state index < -0.39 is 17.9 Å². The van der Waals surface area contributed by atoms with Crippen LogP contribution in [0.25, 0.3) is 10.8 Å². The fourth-order valence-corrected chi connectivity index (χ4v) is 2.94. The van der Waals surface area contributed by atoms with Gasteiger partial charge in [0.1, 0.15) is 11.8 Å². The first-order valence-corrected chi connectivity index (χ1v) is 7.09. The van der Waals surface area contributed by atoms with Crippen LogP contribution in [-0.2, 0) is 4.79 Å². The second kappa shape index (κ2) is 5.65. The van der Waals surface area contributed by atoms with E-state index in [1.165, 1.54) is 4.90 Å². The number of phenolic OH excluding ortho intramolecular Hbond substituents is 1. The van der Waals surface area contributed by atoms with Crippen molar-refractivity contribution in [2.45, 2.75) is 18.9 Å². The molecule has 0 spiro atoms. The summed E-state index contributed by atoms with van der Waals surface area (Å²) in [7, 11) is 0. The van der Waals surface area contributed by atoms with Crippen LogP contribution in [-0.4, -0.2) is 39.6 Å². The SMILES string of the molecule is O=C(NO)C1CCCN1C(=O)c1ccc2ccccc2c1O. The molecule has 1 unspecified atom stereocenters. The third-order valence-corrected chi connectivity index (χ3v) is 4.06. The molecule has 0 aromatic heterocycles. The number of hydroxylamine groups is 1. The number of rotatable bonds is 2. The van der Waals surface area contributed by atoms with Gasteiger partial charge in [0.05, 0.1) is 5.56 Å². The van der Waals surface area contributed by atoms with E-state index >= 15 is 0 Å². The molecule has 1 heterocycles. The summed E-state index contributed by atoms with van der Waals surface area (Å²) in [5.74, 6) is -1.10. The smallest absolute Gasteiger partial charge is 0.266 e. The van der Waals surface area contributed by atoms with Crippen LogP contribution in [0.1, 0.15) is 23.2 Å². The zero-order valence-electron chi connectivity index (χ0n) is 11.8. The lowest BCUT2D eigenvalue weighted by molar-refractivity contribution is -0.133. The second-order valence-corrected chi connectivity index (χ2v) is 5.32. The van der Waals surface area contributed by atoms with Crippen molar-refractivity contribution in [2.24, 2.45) is 0 Å². The molecular formula is C16H16N2O4. The van der Waals surface area contributed by atoms with Gasteiger partial charge in [0.15, 0.2) is 0 Å². The summed E-state index contributed by atoms with van der Waals surface area (Å²) in [5.41, 5.74) is 1.76. The van der Waals surface area contributed by atoms with Crippen LogP contribution >= 0.6 is 0 Å². The van der Waals surface area contributed by atoms with E-state index in [-0.39, 0.29) is 11.3 Å². The number of fused-ring (bicyclic) bond motifs is 1. The molecule has 1 aliphatic heterocycles. The van der Waals surface area contributed by atoms with Gasteiger partial charge in [0.25, 0.3) is 11.8 Å². The van der Waals surface area contributed by atoms with E-state index in [1.54, 1.807) is 29.7 Å². The fourth-order valence-electron chi connectivity index (χ4n) is 2.94. The molecular weight excluding hydrogens is 284 g/mol. The minimum atomic E-state index is -0.705. The lowest BCUT2D eigenvalue weighted by Crippen LogP contribution is -2.45. The average molecular weight is 300 g/mol. The molecule has 0 aliphatic carbocycles. The molecule has 2 aromatic carbocycles. The lowest BCUT2D eigenvalue weighted by Gasteiger charge is -2.23. The Kier molecular flexibility index (Phi) is 3.68. The van der Waals surface area contributed by atoms with Gasteiger partial charge in [-0.3, -0.25) is 14.8 Å². The first-order valence-electron chi connectivity index (χ1n) is 7.09. The Morgan fingerprint density at radius 1 is 1.18 bits per heavy atom. The van der Waals surface area contributed by atoms with Crippen molar-refractivity contribution < 1.29 is 19.9 Å². The Balaban J connectivity index is 1.98. The van der Waals surface area contributed by atoms with Crippen LogP contribution in [0.15, 0.2) is 36.4 Å². The number of hydrogen-bond donors (Lipinski definition) is 3. The highest BCUT2D eigenvalue weighted by molar-refractivity contribution is 6.05. The van der Waals surface area contributed by atoms with Crippen LogP contribution < -0.4 is 5.48 Å². The third kappa shape index (κ3) is 2.27. The summed E-state index contributed by atoms with van der Waals surface area (Å²) in [6, 6.07) is 9.85. The normalized spacial score (nSPS) is 17.7. The van der Waals surface area contributed by atoms with Crippen LogP contribution in [0, 0.1) is 0 Å². The van der Waals surface area contributed by atoms with Gasteiger partial charge in [-0.2, -0.15) is 0 Å². The molecule has 0 saturated carbocycles. The van der Waals surface area contributed by atoms with Crippen molar-refractivity contribution >= 4 is 22.6 Å². The standard InChI is InChI=1S/C16H16N2O4/c19-14-11-5-2-1-4-10(11)7-8-12(14)16(21)18-9-3-6-13(18)15(20)17-22/h1-2,4-5,7-8,13,19,22H,3,6,9H2,(H,17,20). The van der Waals surface area contributed by atoms with Gasteiger partial charge >= 0.3 is 0 Å². The van der Waals surface area contributed by atoms with Gasteiger partial charge in [-0.25, -0.2) is 5.48 Å². The number of hydrogen-bond acceptors (Lipinski definition) is 4. The number of carbonyl (C=O) groups excluding carboxylic acids is 2. The fraction of sp³-hybridized carbons (Fsp3) is 0.250. The zero-order chi connectivity index (χ0) is 15.7. The molecule has 6 heteroatoms. The lowest BCUT2D eigenvalue weighted by atomic mass is 10.0. The largest absolute Gasteiger partial charge is 0.506 e. The van der Waals surface area contributed by atoms with E-state index in [2.05, 4.69) is 0 Å². The first-order chi connectivity index (χ1) is 10.6. The number of likely N-dealkylation sites (tertiary alicyclic amines) is 1. The predicted molar refractivity (Wildman–Crippen MR) is 79.6 cm³/mol. The number of aromatic hydroxyl groups is 1. The molecule has 114 valence electrons. The Labute approximate surface area is 126 Å². The molecule has 3 rings (SSSR count). The quantitative estimate of drug-likeness (QED) is 0.581. The van der Waals surface area contributed by atoms with Crippen molar-refractivity contribution in [3.63, 3.8) is 0 Å². The summed E-state index contributed by atoms with van der Waals surface area (Å²) >= 11 is 0. The van der Waals surface area contributed by atoms with Crippen LogP contribution in [0.3, 0.4) is 0 Å². The van der Waals surface area contributed by atoms with Crippen molar-refractivity contribution in [2.75, 3.05) is 6.54 Å². The molecule has 2 amide bonds. The summed E-state index contributed by atoms with van der Waals surface area (Å²) < 4.78 is 0. The molecule has 1 aliphatic rings. The summed E-state index contributed by atoms with van der Waals surface area (Å²) in [6.45, 7) is 0.420. The Morgan fingerprint density at radius 2 is 1.95 bits per heavy atom. The molecule has 6 nitrogen and oxygen atoms in total. The Hall–Kier alpha value is -2.60. The maximum atomic E-state index is 12.6. The molecule has 22 heavy (non-hydrogen) atoms. The minimum absolute atomic E-state index is 0.0850. The summed E-state index contributed by atoms with van der Waals surface area (Å²) in [5, 5.41) is 20.6. The van der Waals surface area contributed by atoms with Gasteiger partial charge < -0.3 is 10.0 Å². The third-order valence-electron chi connectivity index (χ3n) is 4.06. The molecule has 0 bridgehead atoms. The van der Waals surface area contributed by atoms with E-state index in [0.29, 0.717) is 24.8 Å². The van der Waals surface area contributed by atoms with Gasteiger partial charge in [0.2, 0.25) is 0 Å². The zero-order valence-corrected chi connectivity index (χ0v) is 11.8. The highest BCUT2D eigenvalue weighted by atomic mass is 16.5. The van der Waals surface area contributed by atoms with E-state index in [1.807, 2.05) is 12.1 Å². The molecule has 2 aromatic rings. The highest BCUT2D eigenvalue weighted by Crippen LogP contribution is 2.31. The number of phenols is 1. The number of nitrogens with one attached hydrogen (secondary N) is 1. The highest BCUT2D eigenvalue weighted by Gasteiger charge is 2.35. The van der Waals surface area contributed by atoms with Gasteiger partial charge in [-0.05, 0) is 24.3 Å². The maximum absolute atomic E-state index is 12.6. The second-order valence-electron chi connectivity index (χ2n) is 5.32. The minimum Gasteiger partial charge on any atom is -0.506 e. The van der Waals surface area contributed by atoms with Gasteiger partial charge in [0, 0.05) is 11.9 Å². The van der Waals surface area contributed by atoms with Crippen molar-refractivity contribution in [1.29, 1.82) is 0 Å². The molecule has 1 saturated heterocycles. The number of amides is 2. The first kappa shape index (κ1) is 14.3. The van der Waals surface area contributed by atoms with Crippen molar-refractivity contribution in [3.8, 4) is 5.75 Å². The van der Waals surface area contributed by atoms with E-state index in [9.17, 15) is 14.7 Å². The van der Waals surface area contributed by atoms with Crippen LogP contribution in [0.2, 0.25) is 0 Å². The number of benzene rings is 2. The monoisotopic (exact) mass is 300 g/mol. The topological polar surface area (TPSA) is 89.9 Å². The molecule has 3 N–H and O–H groups in total. The van der Waals surface area contributed by atoms with Gasteiger partial charge in [-0.15, -0.1) is 0 Å².